The van der Waals surface area contributed by atoms with E-state index in [0.29, 0.717) is 0 Å². The molecule has 1 aliphatic carbocycles. The van der Waals surface area contributed by atoms with Crippen molar-refractivity contribution in [1.29, 1.82) is 0 Å². The van der Waals surface area contributed by atoms with Gasteiger partial charge in [-0.05, 0) is 24.7 Å². The number of nitrogens with two attached hydrogens (primary N) is 1. The molecule has 0 aromatic heterocycles. The fourth-order valence-corrected chi connectivity index (χ4v) is 3.38. The molecule has 106 valence electrons. The van der Waals surface area contributed by atoms with Crippen LogP contribution in [-0.2, 0) is 9.59 Å². The number of nitrogens with zero attached hydrogens (tertiary/aromatic N) is 1. The number of carbonyl (C=O) groups is 3. The van der Waals surface area contributed by atoms with Crippen molar-refractivity contribution < 1.29 is 14.4 Å². The van der Waals surface area contributed by atoms with Crippen LogP contribution < -0.4 is 11.1 Å². The van der Waals surface area contributed by atoms with Gasteiger partial charge in [0.2, 0.25) is 5.91 Å². The van der Waals surface area contributed by atoms with Gasteiger partial charge in [-0.2, -0.15) is 0 Å². The summed E-state index contributed by atoms with van der Waals surface area (Å²) in [6, 6.07) is -0.396. The topological polar surface area (TPSA) is 92.5 Å². The predicted octanol–water partition coefficient (Wildman–Crippen LogP) is 0.609. The number of hydrogen-bond donors (Lipinski definition) is 2. The first-order valence-corrected chi connectivity index (χ1v) is 6.82. The number of amides is 4. The van der Waals surface area contributed by atoms with Crippen LogP contribution in [-0.4, -0.2) is 34.8 Å². The average molecular weight is 267 g/mol. The van der Waals surface area contributed by atoms with Crippen LogP contribution >= 0.6 is 0 Å². The summed E-state index contributed by atoms with van der Waals surface area (Å²) in [7, 11) is 0. The van der Waals surface area contributed by atoms with Gasteiger partial charge in [-0.3, -0.25) is 14.5 Å². The van der Waals surface area contributed by atoms with Gasteiger partial charge in [-0.1, -0.05) is 20.3 Å². The number of imide groups is 1. The summed E-state index contributed by atoms with van der Waals surface area (Å²) in [6.45, 7) is 4.08. The lowest BCUT2D eigenvalue weighted by atomic mass is 9.67. The molecule has 0 aromatic carbocycles. The molecule has 2 atom stereocenters. The number of primary amides is 1. The molecule has 19 heavy (non-hydrogen) atoms. The smallest absolute Gasteiger partial charge is 0.325 e. The minimum atomic E-state index is -0.785. The predicted molar refractivity (Wildman–Crippen MR) is 69.0 cm³/mol. The fourth-order valence-electron chi connectivity index (χ4n) is 3.38. The van der Waals surface area contributed by atoms with Gasteiger partial charge in [0.1, 0.15) is 5.54 Å². The molecular weight excluding hydrogens is 246 g/mol. The first-order chi connectivity index (χ1) is 8.89. The van der Waals surface area contributed by atoms with Crippen molar-refractivity contribution in [2.24, 2.45) is 17.6 Å². The lowest BCUT2D eigenvalue weighted by Gasteiger charge is -2.42. The quantitative estimate of drug-likeness (QED) is 0.734. The van der Waals surface area contributed by atoms with Crippen molar-refractivity contribution in [3.8, 4) is 0 Å². The van der Waals surface area contributed by atoms with Gasteiger partial charge in [0.25, 0.3) is 5.91 Å². The van der Waals surface area contributed by atoms with Crippen molar-refractivity contribution in [3.05, 3.63) is 0 Å². The van der Waals surface area contributed by atoms with Gasteiger partial charge in [-0.25, -0.2) is 4.79 Å². The van der Waals surface area contributed by atoms with Gasteiger partial charge in [-0.15, -0.1) is 0 Å². The molecular formula is C13H21N3O3. The maximum absolute atomic E-state index is 12.6. The van der Waals surface area contributed by atoms with Crippen molar-refractivity contribution in [3.63, 3.8) is 0 Å². The summed E-state index contributed by atoms with van der Waals surface area (Å²) in [5.74, 6) is -0.470. The molecule has 1 heterocycles. The van der Waals surface area contributed by atoms with Crippen LogP contribution in [0.2, 0.25) is 0 Å². The molecule has 1 saturated heterocycles. The lowest BCUT2D eigenvalue weighted by molar-refractivity contribution is -0.136. The van der Waals surface area contributed by atoms with E-state index in [0.717, 1.165) is 24.2 Å². The monoisotopic (exact) mass is 267 g/mol. The van der Waals surface area contributed by atoms with E-state index in [1.54, 1.807) is 0 Å². The third-order valence-electron chi connectivity index (χ3n) is 4.57. The number of carbonyl (C=O) groups excluding carboxylic acids is 3. The maximum Gasteiger partial charge on any atom is 0.325 e. The Labute approximate surface area is 112 Å². The second-order valence-corrected chi connectivity index (χ2v) is 5.71. The van der Waals surface area contributed by atoms with Gasteiger partial charge in [0, 0.05) is 13.0 Å². The molecule has 0 radical (unpaired) electrons. The van der Waals surface area contributed by atoms with Crippen LogP contribution in [0.15, 0.2) is 0 Å². The molecule has 1 spiro atoms. The molecule has 2 aliphatic rings. The van der Waals surface area contributed by atoms with Crippen LogP contribution in [0.5, 0.6) is 0 Å². The molecule has 3 N–H and O–H groups in total. The van der Waals surface area contributed by atoms with Gasteiger partial charge in [0.15, 0.2) is 0 Å². The molecule has 0 bridgehead atoms. The van der Waals surface area contributed by atoms with Crippen LogP contribution in [0.3, 0.4) is 0 Å². The molecule has 2 unspecified atom stereocenters. The van der Waals surface area contributed by atoms with Crippen LogP contribution in [0.4, 0.5) is 4.79 Å². The van der Waals surface area contributed by atoms with Crippen molar-refractivity contribution in [1.82, 2.24) is 10.2 Å². The average Bonchev–Trinajstić information content (AvgIpc) is 2.57. The number of hydrogen-bond acceptors (Lipinski definition) is 3. The summed E-state index contributed by atoms with van der Waals surface area (Å²) in [6.07, 6.45) is 2.95. The Kier molecular flexibility index (Phi) is 3.52. The highest BCUT2D eigenvalue weighted by molar-refractivity contribution is 6.07. The minimum Gasteiger partial charge on any atom is -0.370 e. The molecule has 6 nitrogen and oxygen atoms in total. The second kappa shape index (κ2) is 4.83. The van der Waals surface area contributed by atoms with Crippen molar-refractivity contribution in [2.75, 3.05) is 6.54 Å². The van der Waals surface area contributed by atoms with Gasteiger partial charge >= 0.3 is 6.03 Å². The lowest BCUT2D eigenvalue weighted by Crippen LogP contribution is -2.58. The van der Waals surface area contributed by atoms with E-state index >= 15 is 0 Å². The number of rotatable bonds is 3. The molecule has 1 aliphatic heterocycles. The summed E-state index contributed by atoms with van der Waals surface area (Å²) < 4.78 is 0. The van der Waals surface area contributed by atoms with E-state index in [2.05, 4.69) is 5.32 Å². The fraction of sp³-hybridized carbons (Fsp3) is 0.769. The second-order valence-electron chi connectivity index (χ2n) is 5.71. The minimum absolute atomic E-state index is 0.0119. The van der Waals surface area contributed by atoms with E-state index < -0.39 is 17.5 Å². The Balaban J connectivity index is 2.22. The van der Waals surface area contributed by atoms with E-state index in [1.807, 2.05) is 13.8 Å². The van der Waals surface area contributed by atoms with E-state index in [1.165, 1.54) is 0 Å². The Morgan fingerprint density at radius 2 is 1.95 bits per heavy atom. The molecule has 2 rings (SSSR count). The van der Waals surface area contributed by atoms with Crippen molar-refractivity contribution in [2.45, 2.75) is 45.1 Å². The summed E-state index contributed by atoms with van der Waals surface area (Å²) in [5.41, 5.74) is 4.29. The van der Waals surface area contributed by atoms with Gasteiger partial charge < -0.3 is 11.1 Å². The Bertz CT molecular complexity index is 411. The van der Waals surface area contributed by atoms with Crippen LogP contribution in [0, 0.1) is 11.8 Å². The van der Waals surface area contributed by atoms with Crippen molar-refractivity contribution >= 4 is 17.8 Å². The maximum atomic E-state index is 12.6. The Morgan fingerprint density at radius 1 is 1.37 bits per heavy atom. The third-order valence-corrected chi connectivity index (χ3v) is 4.57. The summed E-state index contributed by atoms with van der Waals surface area (Å²) in [4.78, 5) is 36.6. The van der Waals surface area contributed by atoms with E-state index in [4.69, 9.17) is 5.73 Å². The molecule has 0 aromatic rings. The summed E-state index contributed by atoms with van der Waals surface area (Å²) in [5, 5.41) is 2.88. The van der Waals surface area contributed by atoms with Crippen LogP contribution in [0.25, 0.3) is 0 Å². The normalized spacial score (nSPS) is 34.7. The third kappa shape index (κ3) is 2.09. The standard InChI is InChI=1S/C13H21N3O3/c1-8-4-3-5-9(2)13(8)11(18)16(12(19)15-13)7-6-10(14)17/h8-9H,3-7H2,1-2H3,(H2,14,17)(H,15,19). The molecule has 6 heteroatoms. The van der Waals surface area contributed by atoms with Crippen LogP contribution in [0.1, 0.15) is 39.5 Å². The zero-order valence-electron chi connectivity index (χ0n) is 11.4. The summed E-state index contributed by atoms with van der Waals surface area (Å²) >= 11 is 0. The van der Waals surface area contributed by atoms with E-state index in [9.17, 15) is 14.4 Å². The highest BCUT2D eigenvalue weighted by Crippen LogP contribution is 2.42. The molecule has 4 amide bonds. The van der Waals surface area contributed by atoms with E-state index in [-0.39, 0.29) is 30.7 Å². The molecule has 2 fully saturated rings. The Hall–Kier alpha value is -1.59. The highest BCUT2D eigenvalue weighted by Gasteiger charge is 2.58. The zero-order valence-corrected chi connectivity index (χ0v) is 11.4. The number of urea groups is 1. The highest BCUT2D eigenvalue weighted by atomic mass is 16.2. The number of nitrogens with one attached hydrogen (secondary N) is 1. The van der Waals surface area contributed by atoms with Gasteiger partial charge in [0.05, 0.1) is 0 Å². The first-order valence-electron chi connectivity index (χ1n) is 6.82. The first kappa shape index (κ1) is 13.8. The molecule has 1 saturated carbocycles. The Morgan fingerprint density at radius 3 is 2.47 bits per heavy atom. The largest absolute Gasteiger partial charge is 0.370 e. The zero-order chi connectivity index (χ0) is 14.2. The SMILES string of the molecule is CC1CCCC(C)C12NC(=O)N(CCC(N)=O)C2=O.